The maximum absolute atomic E-state index is 13.0. The van der Waals surface area contributed by atoms with Gasteiger partial charge >= 0.3 is 0 Å². The van der Waals surface area contributed by atoms with Gasteiger partial charge in [0.2, 0.25) is 5.91 Å². The van der Waals surface area contributed by atoms with E-state index in [1.54, 1.807) is 31.4 Å². The van der Waals surface area contributed by atoms with Gasteiger partial charge in [0, 0.05) is 30.8 Å². The van der Waals surface area contributed by atoms with Crippen LogP contribution in [-0.4, -0.2) is 55.4 Å². The number of nitrogens with zero attached hydrogens (tertiary/aromatic N) is 1. The first-order valence-corrected chi connectivity index (χ1v) is 11.5. The van der Waals surface area contributed by atoms with Gasteiger partial charge in [-0.25, -0.2) is 0 Å². The largest absolute Gasteiger partial charge is 0.497 e. The number of benzene rings is 2. The molecule has 0 aromatic heterocycles. The Balaban J connectivity index is 1.69. The van der Waals surface area contributed by atoms with Gasteiger partial charge in [0.05, 0.1) is 7.11 Å². The van der Waals surface area contributed by atoms with Crippen LogP contribution in [0.25, 0.3) is 0 Å². The predicted molar refractivity (Wildman–Crippen MR) is 127 cm³/mol. The molecule has 7 nitrogen and oxygen atoms in total. The van der Waals surface area contributed by atoms with Crippen molar-refractivity contribution in [3.8, 4) is 5.75 Å². The number of ether oxygens (including phenoxy) is 1. The van der Waals surface area contributed by atoms with E-state index in [9.17, 15) is 14.4 Å². The van der Waals surface area contributed by atoms with E-state index in [0.29, 0.717) is 55.3 Å². The Hall–Kier alpha value is -3.35. The number of carbonyl (C=O) groups excluding carboxylic acids is 3. The molecule has 33 heavy (non-hydrogen) atoms. The van der Waals surface area contributed by atoms with Gasteiger partial charge in [-0.3, -0.25) is 14.4 Å². The number of rotatable bonds is 8. The molecule has 2 aromatic carbocycles. The van der Waals surface area contributed by atoms with Crippen LogP contribution in [0.1, 0.15) is 47.4 Å². The molecule has 7 heteroatoms. The summed E-state index contributed by atoms with van der Waals surface area (Å²) in [6, 6.07) is 15.4. The van der Waals surface area contributed by atoms with Gasteiger partial charge in [-0.05, 0) is 55.0 Å². The molecule has 0 aliphatic carbocycles. The molecule has 1 fully saturated rings. The van der Waals surface area contributed by atoms with Crippen LogP contribution in [0.3, 0.4) is 0 Å². The van der Waals surface area contributed by atoms with Crippen LogP contribution in [-0.2, 0) is 4.79 Å². The Bertz CT molecular complexity index is 953. The van der Waals surface area contributed by atoms with Crippen LogP contribution >= 0.6 is 0 Å². The quantitative estimate of drug-likeness (QED) is 0.646. The molecule has 0 bridgehead atoms. The second-order valence-electron chi connectivity index (χ2n) is 8.82. The van der Waals surface area contributed by atoms with E-state index >= 15 is 0 Å². The van der Waals surface area contributed by atoms with E-state index < -0.39 is 6.04 Å². The molecule has 176 valence electrons. The molecular weight excluding hydrogens is 418 g/mol. The number of hydrogen-bond donors (Lipinski definition) is 2. The minimum absolute atomic E-state index is 0.00437. The summed E-state index contributed by atoms with van der Waals surface area (Å²) in [6.07, 6.45) is 1.27. The average molecular weight is 452 g/mol. The highest BCUT2D eigenvalue weighted by atomic mass is 16.5. The molecule has 1 aliphatic rings. The maximum Gasteiger partial charge on any atom is 0.253 e. The fourth-order valence-electron chi connectivity index (χ4n) is 4.00. The van der Waals surface area contributed by atoms with Gasteiger partial charge in [0.1, 0.15) is 11.8 Å². The Labute approximate surface area is 195 Å². The molecule has 3 amide bonds. The lowest BCUT2D eigenvalue weighted by molar-refractivity contribution is -0.124. The Kier molecular flexibility index (Phi) is 8.46. The van der Waals surface area contributed by atoms with E-state index in [1.165, 1.54) is 0 Å². The third-order valence-corrected chi connectivity index (χ3v) is 5.90. The second-order valence-corrected chi connectivity index (χ2v) is 8.82. The molecule has 0 spiro atoms. The van der Waals surface area contributed by atoms with Crippen LogP contribution in [0.15, 0.2) is 54.6 Å². The van der Waals surface area contributed by atoms with Gasteiger partial charge in [0.25, 0.3) is 11.8 Å². The molecule has 1 aliphatic heterocycles. The number of piperidine rings is 1. The highest BCUT2D eigenvalue weighted by Crippen LogP contribution is 2.23. The van der Waals surface area contributed by atoms with Gasteiger partial charge in [-0.1, -0.05) is 38.1 Å². The average Bonchev–Trinajstić information content (AvgIpc) is 2.86. The number of carbonyl (C=O) groups is 3. The van der Waals surface area contributed by atoms with Crippen molar-refractivity contribution in [3.05, 3.63) is 65.7 Å². The first kappa shape index (κ1) is 24.3. The number of methoxy groups -OCH3 is 1. The number of amides is 3. The van der Waals surface area contributed by atoms with Crippen molar-refractivity contribution in [2.24, 2.45) is 11.8 Å². The Morgan fingerprint density at radius 3 is 2.30 bits per heavy atom. The van der Waals surface area contributed by atoms with Gasteiger partial charge < -0.3 is 20.3 Å². The van der Waals surface area contributed by atoms with E-state index in [-0.39, 0.29) is 23.6 Å². The summed E-state index contributed by atoms with van der Waals surface area (Å²) < 4.78 is 5.21. The lowest BCUT2D eigenvalue weighted by Gasteiger charge is -2.36. The highest BCUT2D eigenvalue weighted by molar-refractivity contribution is 5.98. The van der Waals surface area contributed by atoms with E-state index in [2.05, 4.69) is 10.6 Å². The number of hydrogen-bond acceptors (Lipinski definition) is 4. The molecule has 0 radical (unpaired) electrons. The lowest BCUT2D eigenvalue weighted by Crippen LogP contribution is -2.54. The zero-order valence-corrected chi connectivity index (χ0v) is 19.5. The van der Waals surface area contributed by atoms with Crippen LogP contribution < -0.4 is 15.4 Å². The topological polar surface area (TPSA) is 87.7 Å². The molecule has 1 heterocycles. The Morgan fingerprint density at radius 2 is 1.67 bits per heavy atom. The molecule has 1 saturated heterocycles. The predicted octanol–water partition coefficient (Wildman–Crippen LogP) is 3.12. The van der Waals surface area contributed by atoms with Crippen molar-refractivity contribution >= 4 is 17.7 Å². The van der Waals surface area contributed by atoms with Crippen molar-refractivity contribution in [2.75, 3.05) is 26.7 Å². The number of likely N-dealkylation sites (tertiary alicyclic amines) is 1. The third-order valence-electron chi connectivity index (χ3n) is 5.90. The molecule has 2 aromatic rings. The van der Waals surface area contributed by atoms with E-state index in [0.717, 1.165) is 0 Å². The van der Waals surface area contributed by atoms with Crippen LogP contribution in [0.2, 0.25) is 0 Å². The SMILES string of the molecule is COc1cccc(C(=O)N[C@H](C(=O)NCC(C)C)C2CCN(C(=O)c3ccccc3)CC2)c1. The first-order valence-electron chi connectivity index (χ1n) is 11.5. The van der Waals surface area contributed by atoms with Crippen LogP contribution in [0, 0.1) is 11.8 Å². The fourth-order valence-corrected chi connectivity index (χ4v) is 4.00. The van der Waals surface area contributed by atoms with E-state index in [1.807, 2.05) is 49.1 Å². The van der Waals surface area contributed by atoms with Crippen molar-refractivity contribution in [2.45, 2.75) is 32.7 Å². The second kappa shape index (κ2) is 11.5. The summed E-state index contributed by atoms with van der Waals surface area (Å²) in [4.78, 5) is 40.6. The van der Waals surface area contributed by atoms with E-state index in [4.69, 9.17) is 4.74 Å². The normalized spacial score (nSPS) is 15.1. The smallest absolute Gasteiger partial charge is 0.253 e. The summed E-state index contributed by atoms with van der Waals surface area (Å²) in [6.45, 7) is 5.67. The third kappa shape index (κ3) is 6.57. The first-order chi connectivity index (χ1) is 15.9. The molecule has 1 atom stereocenters. The van der Waals surface area contributed by atoms with Gasteiger partial charge in [0.15, 0.2) is 0 Å². The fraction of sp³-hybridized carbons (Fsp3) is 0.423. The Morgan fingerprint density at radius 1 is 1.00 bits per heavy atom. The molecular formula is C26H33N3O4. The van der Waals surface area contributed by atoms with Crippen molar-refractivity contribution in [1.29, 1.82) is 0 Å². The summed E-state index contributed by atoms with van der Waals surface area (Å²) in [5.41, 5.74) is 1.10. The minimum atomic E-state index is -0.670. The van der Waals surface area contributed by atoms with Crippen molar-refractivity contribution in [1.82, 2.24) is 15.5 Å². The van der Waals surface area contributed by atoms with Gasteiger partial charge in [-0.2, -0.15) is 0 Å². The highest BCUT2D eigenvalue weighted by Gasteiger charge is 2.34. The summed E-state index contributed by atoms with van der Waals surface area (Å²) in [5.74, 6) is 0.307. The van der Waals surface area contributed by atoms with Crippen LogP contribution in [0.4, 0.5) is 0 Å². The molecule has 2 N–H and O–H groups in total. The van der Waals surface area contributed by atoms with Crippen LogP contribution in [0.5, 0.6) is 5.75 Å². The van der Waals surface area contributed by atoms with Crippen molar-refractivity contribution in [3.63, 3.8) is 0 Å². The summed E-state index contributed by atoms with van der Waals surface area (Å²) in [7, 11) is 1.55. The molecule has 0 saturated carbocycles. The summed E-state index contributed by atoms with van der Waals surface area (Å²) in [5, 5.41) is 5.90. The minimum Gasteiger partial charge on any atom is -0.497 e. The zero-order valence-electron chi connectivity index (χ0n) is 19.5. The monoisotopic (exact) mass is 451 g/mol. The standard InChI is InChI=1S/C26H33N3O4/c1-18(2)17-27-25(31)23(28-24(30)21-10-7-11-22(16-21)33-3)19-12-14-29(15-13-19)26(32)20-8-5-4-6-9-20/h4-11,16,18-19,23H,12-15,17H2,1-3H3,(H,27,31)(H,28,30)/t23-/m0/s1. The lowest BCUT2D eigenvalue weighted by atomic mass is 9.88. The molecule has 3 rings (SSSR count). The zero-order chi connectivity index (χ0) is 23.8. The maximum atomic E-state index is 13.0. The molecule has 0 unspecified atom stereocenters. The van der Waals surface area contributed by atoms with Crippen molar-refractivity contribution < 1.29 is 19.1 Å². The number of nitrogens with one attached hydrogen (secondary N) is 2. The summed E-state index contributed by atoms with van der Waals surface area (Å²) >= 11 is 0. The van der Waals surface area contributed by atoms with Gasteiger partial charge in [-0.15, -0.1) is 0 Å².